The zero-order valence-corrected chi connectivity index (χ0v) is 16.9. The highest BCUT2D eigenvalue weighted by Gasteiger charge is 2.55. The maximum Gasteiger partial charge on any atom is 0.252 e. The van der Waals surface area contributed by atoms with Gasteiger partial charge in [-0.2, -0.15) is 0 Å². The fourth-order valence-electron chi connectivity index (χ4n) is 4.08. The fraction of sp³-hybridized carbons (Fsp3) is 0.320. The van der Waals surface area contributed by atoms with Crippen molar-refractivity contribution in [3.05, 3.63) is 91.3 Å². The maximum atomic E-state index is 12.9. The van der Waals surface area contributed by atoms with Crippen LogP contribution in [0.25, 0.3) is 5.57 Å². The monoisotopic (exact) mass is 392 g/mol. The van der Waals surface area contributed by atoms with E-state index in [0.717, 1.165) is 50.0 Å². The fourth-order valence-corrected chi connectivity index (χ4v) is 4.08. The molecule has 29 heavy (non-hydrogen) atoms. The Labute approximate surface area is 173 Å². The Morgan fingerprint density at radius 2 is 1.90 bits per heavy atom. The van der Waals surface area contributed by atoms with Gasteiger partial charge in [-0.15, -0.1) is 0 Å². The molecule has 1 aliphatic carbocycles. The molecule has 1 saturated heterocycles. The highest BCUT2D eigenvalue weighted by Crippen LogP contribution is 2.54. The predicted octanol–water partition coefficient (Wildman–Crippen LogP) is 4.82. The highest BCUT2D eigenvalue weighted by molar-refractivity contribution is 6.20. The molecule has 1 aromatic carbocycles. The lowest BCUT2D eigenvalue weighted by molar-refractivity contribution is -0.116. The lowest BCUT2D eigenvalue weighted by Gasteiger charge is -2.33. The minimum atomic E-state index is -0.458. The van der Waals surface area contributed by atoms with E-state index in [9.17, 15) is 9.18 Å². The molecule has 1 saturated carbocycles. The molecular formula is C25H29FN2O. The van der Waals surface area contributed by atoms with Crippen LogP contribution in [0.1, 0.15) is 24.8 Å². The number of nitrogens with one attached hydrogen (secondary N) is 1. The number of benzene rings is 1. The second-order valence-corrected chi connectivity index (χ2v) is 7.99. The Bertz CT molecular complexity index is 845. The number of carbonyl (C=O) groups is 1. The molecule has 1 N–H and O–H groups in total. The smallest absolute Gasteiger partial charge is 0.252 e. The lowest BCUT2D eigenvalue weighted by Crippen LogP contribution is -2.39. The van der Waals surface area contributed by atoms with Crippen molar-refractivity contribution in [1.82, 2.24) is 10.2 Å². The molecule has 2 fully saturated rings. The van der Waals surface area contributed by atoms with Gasteiger partial charge in [-0.05, 0) is 61.1 Å². The van der Waals surface area contributed by atoms with Crippen molar-refractivity contribution in [2.75, 3.05) is 19.6 Å². The van der Waals surface area contributed by atoms with Crippen molar-refractivity contribution in [3.8, 4) is 0 Å². The number of amides is 1. The van der Waals surface area contributed by atoms with Gasteiger partial charge >= 0.3 is 0 Å². The third kappa shape index (κ3) is 5.42. The van der Waals surface area contributed by atoms with Crippen LogP contribution < -0.4 is 5.32 Å². The van der Waals surface area contributed by atoms with E-state index in [2.05, 4.69) is 30.0 Å². The molecule has 1 aliphatic heterocycles. The zero-order chi connectivity index (χ0) is 20.9. The van der Waals surface area contributed by atoms with E-state index in [-0.39, 0.29) is 17.4 Å². The Morgan fingerprint density at radius 1 is 1.21 bits per heavy atom. The van der Waals surface area contributed by atoms with Gasteiger partial charge in [0.25, 0.3) is 5.91 Å². The largest absolute Gasteiger partial charge is 0.349 e. The van der Waals surface area contributed by atoms with Crippen molar-refractivity contribution in [2.24, 2.45) is 5.41 Å². The third-order valence-corrected chi connectivity index (χ3v) is 5.89. The van der Waals surface area contributed by atoms with Crippen LogP contribution in [0.4, 0.5) is 4.39 Å². The van der Waals surface area contributed by atoms with Crippen molar-refractivity contribution in [3.63, 3.8) is 0 Å². The predicted molar refractivity (Wildman–Crippen MR) is 118 cm³/mol. The minimum Gasteiger partial charge on any atom is -0.349 e. The summed E-state index contributed by atoms with van der Waals surface area (Å²) in [5, 5.41) is 3.23. The van der Waals surface area contributed by atoms with Gasteiger partial charge in [0, 0.05) is 18.2 Å². The number of rotatable bonds is 8. The topological polar surface area (TPSA) is 32.3 Å². The molecule has 0 bridgehead atoms. The van der Waals surface area contributed by atoms with Crippen LogP contribution in [0.3, 0.4) is 0 Å². The van der Waals surface area contributed by atoms with Crippen LogP contribution in [-0.2, 0) is 4.79 Å². The zero-order valence-electron chi connectivity index (χ0n) is 16.9. The summed E-state index contributed by atoms with van der Waals surface area (Å²) in [7, 11) is 0. The normalized spacial score (nSPS) is 21.1. The second-order valence-electron chi connectivity index (χ2n) is 7.99. The van der Waals surface area contributed by atoms with Crippen LogP contribution in [0.15, 0.2) is 85.8 Å². The Balaban J connectivity index is 1.51. The Morgan fingerprint density at radius 3 is 2.52 bits per heavy atom. The summed E-state index contributed by atoms with van der Waals surface area (Å²) in [5.41, 5.74) is 2.64. The van der Waals surface area contributed by atoms with Crippen LogP contribution in [0, 0.1) is 5.41 Å². The molecular weight excluding hydrogens is 363 g/mol. The first-order valence-electron chi connectivity index (χ1n) is 10.1. The number of likely N-dealkylation sites (tertiary alicyclic amines) is 1. The number of piperidine rings is 1. The molecule has 1 unspecified atom stereocenters. The summed E-state index contributed by atoms with van der Waals surface area (Å²) >= 11 is 0. The molecule has 3 nitrogen and oxygen atoms in total. The molecule has 1 heterocycles. The highest BCUT2D eigenvalue weighted by atomic mass is 19.1. The lowest BCUT2D eigenvalue weighted by atomic mass is 9.92. The first-order chi connectivity index (χ1) is 13.9. The number of carbonyl (C=O) groups excluding carboxylic acids is 1. The van der Waals surface area contributed by atoms with Gasteiger partial charge in [-0.3, -0.25) is 9.69 Å². The quantitative estimate of drug-likeness (QED) is 0.508. The van der Waals surface area contributed by atoms with Gasteiger partial charge in [0.2, 0.25) is 0 Å². The second kappa shape index (κ2) is 9.19. The van der Waals surface area contributed by atoms with Crippen LogP contribution in [0.2, 0.25) is 0 Å². The van der Waals surface area contributed by atoms with E-state index in [0.29, 0.717) is 5.57 Å². The van der Waals surface area contributed by atoms with Crippen LogP contribution in [-0.4, -0.2) is 36.5 Å². The molecule has 0 aromatic heterocycles. The van der Waals surface area contributed by atoms with Crippen LogP contribution >= 0.6 is 0 Å². The average molecular weight is 393 g/mol. The van der Waals surface area contributed by atoms with E-state index in [1.165, 1.54) is 6.08 Å². The van der Waals surface area contributed by atoms with Gasteiger partial charge in [0.05, 0.1) is 0 Å². The molecule has 1 spiro atoms. The van der Waals surface area contributed by atoms with Gasteiger partial charge in [0.15, 0.2) is 0 Å². The molecule has 2 aliphatic rings. The van der Waals surface area contributed by atoms with Gasteiger partial charge in [-0.1, -0.05) is 62.2 Å². The van der Waals surface area contributed by atoms with E-state index in [1.807, 2.05) is 30.3 Å². The molecule has 4 heteroatoms. The maximum absolute atomic E-state index is 12.9. The van der Waals surface area contributed by atoms with E-state index in [4.69, 9.17) is 0 Å². The first-order valence-corrected chi connectivity index (χ1v) is 10.1. The summed E-state index contributed by atoms with van der Waals surface area (Å²) in [6.45, 7) is 13.6. The van der Waals surface area contributed by atoms with Crippen molar-refractivity contribution in [1.29, 1.82) is 0 Å². The summed E-state index contributed by atoms with van der Waals surface area (Å²) in [6, 6.07) is 9.91. The minimum absolute atomic E-state index is 0.0367. The van der Waals surface area contributed by atoms with Gasteiger partial charge in [-0.25, -0.2) is 4.39 Å². The number of halogens is 1. The molecule has 152 valence electrons. The SMILES string of the molecule is C=C/C=C(/C(=O)NC1CC12CCN(CC(=C)/C=C\C(=C)F)CC2)c1ccccc1. The Kier molecular flexibility index (Phi) is 6.65. The molecule has 1 aromatic rings. The summed E-state index contributed by atoms with van der Waals surface area (Å²) in [4.78, 5) is 15.2. The van der Waals surface area contributed by atoms with Crippen molar-refractivity contribution < 1.29 is 9.18 Å². The van der Waals surface area contributed by atoms with E-state index < -0.39 is 5.83 Å². The standard InChI is InChI=1S/C25H29FN2O/c1-4-8-22(21-9-6-5-7-10-21)24(29)27-23-17-25(23)13-15-28(16-14-25)18-19(2)11-12-20(3)26/h4-12,23H,1-3,13-18H2,(H,27,29)/b12-11-,22-8+. The van der Waals surface area contributed by atoms with Gasteiger partial charge < -0.3 is 5.32 Å². The summed E-state index contributed by atoms with van der Waals surface area (Å²) < 4.78 is 12.7. The van der Waals surface area contributed by atoms with Gasteiger partial charge in [0.1, 0.15) is 5.83 Å². The number of allylic oxidation sites excluding steroid dienone is 4. The van der Waals surface area contributed by atoms with Crippen LogP contribution in [0.5, 0.6) is 0 Å². The number of hydrogen-bond donors (Lipinski definition) is 1. The molecule has 1 atom stereocenters. The summed E-state index contributed by atoms with van der Waals surface area (Å²) in [6.07, 6.45) is 9.60. The van der Waals surface area contributed by atoms with E-state index >= 15 is 0 Å². The average Bonchev–Trinajstić information content (AvgIpc) is 3.38. The Hall–Kier alpha value is -2.72. The van der Waals surface area contributed by atoms with E-state index in [1.54, 1.807) is 18.2 Å². The third-order valence-electron chi connectivity index (χ3n) is 5.89. The first kappa shape index (κ1) is 21.0. The summed E-state index contributed by atoms with van der Waals surface area (Å²) in [5.74, 6) is -0.494. The molecule has 0 radical (unpaired) electrons. The molecule has 1 amide bonds. The number of hydrogen-bond acceptors (Lipinski definition) is 2. The number of nitrogens with zero attached hydrogens (tertiary/aromatic N) is 1. The van der Waals surface area contributed by atoms with Crippen molar-refractivity contribution >= 4 is 11.5 Å². The molecule has 3 rings (SSSR count). The van der Waals surface area contributed by atoms with Crippen molar-refractivity contribution in [2.45, 2.75) is 25.3 Å².